The first-order valence-electron chi connectivity index (χ1n) is 5.77. The van der Waals surface area contributed by atoms with Crippen LogP contribution in [0.2, 0.25) is 0 Å². The number of fused-ring (bicyclic) bond motifs is 2. The standard InChI is InChI=1S/C12H20O2/c1-8-3-9-5-10(4-8)7-11(6-9)12(13)14-2/h8-11H,3-7H2,1-2H3/t8?,9-,10+,11?. The summed E-state index contributed by atoms with van der Waals surface area (Å²) in [6.07, 6.45) is 6.16. The number of rotatable bonds is 1. The van der Waals surface area contributed by atoms with Crippen molar-refractivity contribution in [2.45, 2.75) is 39.0 Å². The van der Waals surface area contributed by atoms with Crippen LogP contribution in [0.1, 0.15) is 39.0 Å². The van der Waals surface area contributed by atoms with E-state index in [4.69, 9.17) is 4.74 Å². The van der Waals surface area contributed by atoms with Crippen molar-refractivity contribution in [1.29, 1.82) is 0 Å². The number of hydrogen-bond donors (Lipinski definition) is 0. The van der Waals surface area contributed by atoms with Gasteiger partial charge >= 0.3 is 5.97 Å². The van der Waals surface area contributed by atoms with E-state index >= 15 is 0 Å². The normalized spacial score (nSPS) is 41.9. The molecule has 2 heteroatoms. The SMILES string of the molecule is COC(=O)C1C[C@H]2CC(C)C[C@@H](C1)C2. The highest BCUT2D eigenvalue weighted by atomic mass is 16.5. The minimum atomic E-state index is 0.0225. The molecule has 0 heterocycles. The lowest BCUT2D eigenvalue weighted by molar-refractivity contribution is -0.148. The molecule has 2 saturated carbocycles. The molecule has 80 valence electrons. The third-order valence-electron chi connectivity index (χ3n) is 3.91. The lowest BCUT2D eigenvalue weighted by Gasteiger charge is -2.40. The Morgan fingerprint density at radius 3 is 2.14 bits per heavy atom. The molecule has 2 unspecified atom stereocenters. The van der Waals surface area contributed by atoms with Crippen LogP contribution in [-0.4, -0.2) is 13.1 Å². The number of hydrogen-bond acceptors (Lipinski definition) is 2. The number of esters is 1. The van der Waals surface area contributed by atoms with Crippen molar-refractivity contribution < 1.29 is 9.53 Å². The van der Waals surface area contributed by atoms with Gasteiger partial charge in [0.15, 0.2) is 0 Å². The summed E-state index contributed by atoms with van der Waals surface area (Å²) in [5.74, 6) is 2.69. The molecule has 0 radical (unpaired) electrons. The van der Waals surface area contributed by atoms with Crippen LogP contribution in [0.5, 0.6) is 0 Å². The summed E-state index contributed by atoms with van der Waals surface area (Å²) in [6.45, 7) is 2.34. The summed E-state index contributed by atoms with van der Waals surface area (Å²) in [5.41, 5.74) is 0. The fourth-order valence-corrected chi connectivity index (χ4v) is 3.54. The quantitative estimate of drug-likeness (QED) is 0.603. The molecule has 0 saturated heterocycles. The Morgan fingerprint density at radius 2 is 1.64 bits per heavy atom. The molecule has 2 bridgehead atoms. The zero-order chi connectivity index (χ0) is 10.1. The van der Waals surface area contributed by atoms with Gasteiger partial charge in [0.25, 0.3) is 0 Å². The first-order chi connectivity index (χ1) is 6.69. The maximum atomic E-state index is 11.5. The highest BCUT2D eigenvalue weighted by Gasteiger charge is 2.37. The Morgan fingerprint density at radius 1 is 1.07 bits per heavy atom. The van der Waals surface area contributed by atoms with Crippen LogP contribution < -0.4 is 0 Å². The molecular weight excluding hydrogens is 176 g/mol. The molecule has 0 aromatic carbocycles. The Kier molecular flexibility index (Phi) is 2.80. The highest BCUT2D eigenvalue weighted by molar-refractivity contribution is 5.72. The Hall–Kier alpha value is -0.530. The van der Waals surface area contributed by atoms with Crippen LogP contribution in [0.15, 0.2) is 0 Å². The molecule has 0 N–H and O–H groups in total. The van der Waals surface area contributed by atoms with Gasteiger partial charge in [0.2, 0.25) is 0 Å². The average molecular weight is 196 g/mol. The van der Waals surface area contributed by atoms with E-state index in [9.17, 15) is 4.79 Å². The topological polar surface area (TPSA) is 26.3 Å². The Bertz CT molecular complexity index is 206. The second kappa shape index (κ2) is 3.92. The van der Waals surface area contributed by atoms with Crippen molar-refractivity contribution in [3.05, 3.63) is 0 Å². The van der Waals surface area contributed by atoms with Crippen LogP contribution >= 0.6 is 0 Å². The van der Waals surface area contributed by atoms with Crippen LogP contribution in [0.25, 0.3) is 0 Å². The van der Waals surface area contributed by atoms with Gasteiger partial charge in [-0.3, -0.25) is 4.79 Å². The number of carbonyl (C=O) groups is 1. The predicted molar refractivity (Wildman–Crippen MR) is 54.7 cm³/mol. The van der Waals surface area contributed by atoms with Gasteiger partial charge in [-0.25, -0.2) is 0 Å². The lowest BCUT2D eigenvalue weighted by Crippen LogP contribution is -2.34. The smallest absolute Gasteiger partial charge is 0.308 e. The first kappa shape index (κ1) is 10.0. The summed E-state index contributed by atoms with van der Waals surface area (Å²) in [5, 5.41) is 0. The predicted octanol–water partition coefficient (Wildman–Crippen LogP) is 2.62. The van der Waals surface area contributed by atoms with E-state index in [1.54, 1.807) is 0 Å². The fourth-order valence-electron chi connectivity index (χ4n) is 3.54. The maximum absolute atomic E-state index is 11.5. The molecule has 2 nitrogen and oxygen atoms in total. The van der Waals surface area contributed by atoms with Crippen molar-refractivity contribution in [3.8, 4) is 0 Å². The molecule has 0 aliphatic heterocycles. The number of carbonyl (C=O) groups excluding carboxylic acids is 1. The van der Waals surface area contributed by atoms with Gasteiger partial charge in [-0.15, -0.1) is 0 Å². The second-order valence-corrected chi connectivity index (χ2v) is 5.24. The molecule has 0 spiro atoms. The van der Waals surface area contributed by atoms with Gasteiger partial charge in [0.1, 0.15) is 0 Å². The zero-order valence-corrected chi connectivity index (χ0v) is 9.16. The third kappa shape index (κ3) is 1.94. The fraction of sp³-hybridized carbons (Fsp3) is 0.917. The van der Waals surface area contributed by atoms with Gasteiger partial charge in [0.05, 0.1) is 13.0 Å². The molecule has 0 amide bonds. The molecule has 0 aromatic heterocycles. The van der Waals surface area contributed by atoms with Crippen molar-refractivity contribution in [1.82, 2.24) is 0 Å². The van der Waals surface area contributed by atoms with Crippen LogP contribution in [-0.2, 0) is 9.53 Å². The molecule has 2 aliphatic rings. The van der Waals surface area contributed by atoms with Crippen molar-refractivity contribution in [2.24, 2.45) is 23.7 Å². The van der Waals surface area contributed by atoms with Gasteiger partial charge in [0, 0.05) is 0 Å². The molecule has 14 heavy (non-hydrogen) atoms. The molecular formula is C12H20O2. The molecule has 0 aromatic rings. The van der Waals surface area contributed by atoms with E-state index in [2.05, 4.69) is 6.92 Å². The summed E-state index contributed by atoms with van der Waals surface area (Å²) in [4.78, 5) is 11.5. The number of methoxy groups -OCH3 is 1. The lowest BCUT2D eigenvalue weighted by atomic mass is 9.65. The van der Waals surface area contributed by atoms with Gasteiger partial charge in [-0.05, 0) is 49.9 Å². The molecule has 2 aliphatic carbocycles. The minimum Gasteiger partial charge on any atom is -0.469 e. The summed E-state index contributed by atoms with van der Waals surface area (Å²) < 4.78 is 4.84. The second-order valence-electron chi connectivity index (χ2n) is 5.24. The van der Waals surface area contributed by atoms with Crippen LogP contribution in [0.4, 0.5) is 0 Å². The van der Waals surface area contributed by atoms with E-state index in [0.717, 1.165) is 30.6 Å². The largest absolute Gasteiger partial charge is 0.469 e. The summed E-state index contributed by atoms with van der Waals surface area (Å²) >= 11 is 0. The van der Waals surface area contributed by atoms with E-state index in [1.165, 1.54) is 26.4 Å². The Labute approximate surface area is 86.0 Å². The highest BCUT2D eigenvalue weighted by Crippen LogP contribution is 2.44. The van der Waals surface area contributed by atoms with Gasteiger partial charge in [-0.1, -0.05) is 6.92 Å². The minimum absolute atomic E-state index is 0.0225. The van der Waals surface area contributed by atoms with Crippen molar-refractivity contribution in [3.63, 3.8) is 0 Å². The third-order valence-corrected chi connectivity index (χ3v) is 3.91. The number of ether oxygens (including phenoxy) is 1. The van der Waals surface area contributed by atoms with Crippen molar-refractivity contribution in [2.75, 3.05) is 7.11 Å². The summed E-state index contributed by atoms with van der Waals surface area (Å²) in [7, 11) is 1.51. The van der Waals surface area contributed by atoms with Gasteiger partial charge in [-0.2, -0.15) is 0 Å². The van der Waals surface area contributed by atoms with E-state index < -0.39 is 0 Å². The molecule has 2 fully saturated rings. The maximum Gasteiger partial charge on any atom is 0.308 e. The van der Waals surface area contributed by atoms with Gasteiger partial charge < -0.3 is 4.74 Å². The average Bonchev–Trinajstić information content (AvgIpc) is 2.14. The summed E-state index contributed by atoms with van der Waals surface area (Å²) in [6, 6.07) is 0. The molecule has 2 rings (SSSR count). The first-order valence-corrected chi connectivity index (χ1v) is 5.77. The van der Waals surface area contributed by atoms with E-state index in [-0.39, 0.29) is 11.9 Å². The van der Waals surface area contributed by atoms with Crippen LogP contribution in [0.3, 0.4) is 0 Å². The van der Waals surface area contributed by atoms with Crippen LogP contribution in [0, 0.1) is 23.7 Å². The van der Waals surface area contributed by atoms with Crippen molar-refractivity contribution >= 4 is 5.97 Å². The monoisotopic (exact) mass is 196 g/mol. The van der Waals surface area contributed by atoms with E-state index in [0.29, 0.717) is 0 Å². The zero-order valence-electron chi connectivity index (χ0n) is 9.16. The molecule has 4 atom stereocenters. The van der Waals surface area contributed by atoms with E-state index in [1.807, 2.05) is 0 Å². The Balaban J connectivity index is 1.98.